The van der Waals surface area contributed by atoms with Gasteiger partial charge in [-0.3, -0.25) is 4.79 Å². The van der Waals surface area contributed by atoms with E-state index >= 15 is 0 Å². The number of benzene rings is 2. The summed E-state index contributed by atoms with van der Waals surface area (Å²) in [5, 5.41) is 2.84. The zero-order chi connectivity index (χ0) is 15.2. The number of nitrogens with one attached hydrogen (secondary N) is 1. The molecule has 1 amide bonds. The predicted molar refractivity (Wildman–Crippen MR) is 91.0 cm³/mol. The van der Waals surface area contributed by atoms with Crippen LogP contribution in [0.1, 0.15) is 5.56 Å². The van der Waals surface area contributed by atoms with Gasteiger partial charge in [-0.2, -0.15) is 0 Å². The third-order valence-corrected chi connectivity index (χ3v) is 3.56. The average Bonchev–Trinajstić information content (AvgIpc) is 2.48. The molecule has 0 aliphatic rings. The first kappa shape index (κ1) is 15.6. The van der Waals surface area contributed by atoms with E-state index in [2.05, 4.69) is 27.9 Å². The van der Waals surface area contributed by atoms with E-state index in [1.165, 1.54) is 0 Å². The third kappa shape index (κ3) is 4.63. The first-order valence-corrected chi connectivity index (χ1v) is 7.49. The largest absolute Gasteiger partial charge is 0.497 e. The summed E-state index contributed by atoms with van der Waals surface area (Å²) in [5.74, 6) is 1.20. The SMILES string of the molecule is COc1ccc(OCC(=O)Nc2ccc(I)cc2C)cc1. The highest BCUT2D eigenvalue weighted by molar-refractivity contribution is 14.1. The Hall–Kier alpha value is -1.76. The number of hydrogen-bond donors (Lipinski definition) is 1. The van der Waals surface area contributed by atoms with Crippen LogP contribution >= 0.6 is 22.6 Å². The topological polar surface area (TPSA) is 47.6 Å². The maximum atomic E-state index is 11.9. The highest BCUT2D eigenvalue weighted by Crippen LogP contribution is 2.19. The van der Waals surface area contributed by atoms with Gasteiger partial charge in [-0.25, -0.2) is 0 Å². The van der Waals surface area contributed by atoms with E-state index in [-0.39, 0.29) is 12.5 Å². The molecule has 0 atom stereocenters. The van der Waals surface area contributed by atoms with Crippen molar-refractivity contribution < 1.29 is 14.3 Å². The molecule has 0 aliphatic heterocycles. The van der Waals surface area contributed by atoms with E-state index in [9.17, 15) is 4.79 Å². The van der Waals surface area contributed by atoms with E-state index in [0.717, 1.165) is 20.6 Å². The van der Waals surface area contributed by atoms with Crippen molar-refractivity contribution in [3.63, 3.8) is 0 Å². The van der Waals surface area contributed by atoms with Crippen molar-refractivity contribution in [1.82, 2.24) is 0 Å². The molecule has 0 saturated heterocycles. The van der Waals surface area contributed by atoms with Crippen molar-refractivity contribution in [2.45, 2.75) is 6.92 Å². The molecule has 0 aliphatic carbocycles. The minimum absolute atomic E-state index is 0.0300. The normalized spacial score (nSPS) is 10.0. The van der Waals surface area contributed by atoms with Gasteiger partial charge in [0.25, 0.3) is 5.91 Å². The summed E-state index contributed by atoms with van der Waals surface area (Å²) in [6.07, 6.45) is 0. The Bertz CT molecular complexity index is 626. The van der Waals surface area contributed by atoms with Crippen molar-refractivity contribution in [2.24, 2.45) is 0 Å². The van der Waals surface area contributed by atoms with Crippen LogP contribution in [0.2, 0.25) is 0 Å². The van der Waals surface area contributed by atoms with E-state index in [4.69, 9.17) is 9.47 Å². The van der Waals surface area contributed by atoms with Crippen molar-refractivity contribution >= 4 is 34.2 Å². The fourth-order valence-electron chi connectivity index (χ4n) is 1.77. The number of rotatable bonds is 5. The lowest BCUT2D eigenvalue weighted by molar-refractivity contribution is -0.118. The second-order valence-corrected chi connectivity index (χ2v) is 5.72. The number of carbonyl (C=O) groups is 1. The average molecular weight is 397 g/mol. The quantitative estimate of drug-likeness (QED) is 0.785. The molecule has 1 N–H and O–H groups in total. The van der Waals surface area contributed by atoms with Crippen LogP contribution in [0.25, 0.3) is 0 Å². The minimum Gasteiger partial charge on any atom is -0.497 e. The molecule has 5 heteroatoms. The number of anilines is 1. The van der Waals surface area contributed by atoms with Gasteiger partial charge in [0.1, 0.15) is 11.5 Å². The number of carbonyl (C=O) groups excluding carboxylic acids is 1. The number of hydrogen-bond acceptors (Lipinski definition) is 3. The Kier molecular flexibility index (Phi) is 5.44. The Morgan fingerprint density at radius 2 is 1.81 bits per heavy atom. The molecule has 0 spiro atoms. The molecule has 0 aromatic heterocycles. The van der Waals surface area contributed by atoms with Crippen molar-refractivity contribution in [3.05, 3.63) is 51.6 Å². The maximum Gasteiger partial charge on any atom is 0.262 e. The summed E-state index contributed by atoms with van der Waals surface area (Å²) in [4.78, 5) is 11.9. The fourth-order valence-corrected chi connectivity index (χ4v) is 2.42. The van der Waals surface area contributed by atoms with E-state index < -0.39 is 0 Å². The van der Waals surface area contributed by atoms with Crippen molar-refractivity contribution in [3.8, 4) is 11.5 Å². The van der Waals surface area contributed by atoms with Crippen LogP contribution in [0.4, 0.5) is 5.69 Å². The molecule has 2 aromatic carbocycles. The lowest BCUT2D eigenvalue weighted by Gasteiger charge is -2.10. The standard InChI is InChI=1S/C16H16INO3/c1-11-9-12(17)3-8-15(11)18-16(19)10-21-14-6-4-13(20-2)5-7-14/h3-9H,10H2,1-2H3,(H,18,19). The van der Waals surface area contributed by atoms with Gasteiger partial charge in [0, 0.05) is 9.26 Å². The molecule has 0 saturated carbocycles. The predicted octanol–water partition coefficient (Wildman–Crippen LogP) is 3.63. The molecular weight excluding hydrogens is 381 g/mol. The third-order valence-electron chi connectivity index (χ3n) is 2.89. The molecule has 0 heterocycles. The molecule has 2 rings (SSSR count). The van der Waals surface area contributed by atoms with E-state index in [1.54, 1.807) is 31.4 Å². The minimum atomic E-state index is -0.185. The Labute approximate surface area is 137 Å². The van der Waals surface area contributed by atoms with Gasteiger partial charge in [0.2, 0.25) is 0 Å². The van der Waals surface area contributed by atoms with Crippen LogP contribution in [-0.2, 0) is 4.79 Å². The van der Waals surface area contributed by atoms with E-state index in [1.807, 2.05) is 25.1 Å². The van der Waals surface area contributed by atoms with Gasteiger partial charge in [-0.15, -0.1) is 0 Å². The van der Waals surface area contributed by atoms with Gasteiger partial charge < -0.3 is 14.8 Å². The fraction of sp³-hybridized carbons (Fsp3) is 0.188. The van der Waals surface area contributed by atoms with Gasteiger partial charge in [-0.05, 0) is 77.5 Å². The lowest BCUT2D eigenvalue weighted by atomic mass is 10.2. The number of methoxy groups -OCH3 is 1. The summed E-state index contributed by atoms with van der Waals surface area (Å²) in [5.41, 5.74) is 1.83. The smallest absolute Gasteiger partial charge is 0.262 e. The van der Waals surface area contributed by atoms with Crippen LogP contribution in [0.3, 0.4) is 0 Å². The molecule has 4 nitrogen and oxygen atoms in total. The molecule has 0 fully saturated rings. The molecule has 0 radical (unpaired) electrons. The Morgan fingerprint density at radius 3 is 2.43 bits per heavy atom. The van der Waals surface area contributed by atoms with Crippen LogP contribution in [-0.4, -0.2) is 19.6 Å². The first-order chi connectivity index (χ1) is 10.1. The maximum absolute atomic E-state index is 11.9. The molecule has 110 valence electrons. The van der Waals surface area contributed by atoms with E-state index in [0.29, 0.717) is 5.75 Å². The van der Waals surface area contributed by atoms with Gasteiger partial charge in [0.15, 0.2) is 6.61 Å². The lowest BCUT2D eigenvalue weighted by Crippen LogP contribution is -2.20. The summed E-state index contributed by atoms with van der Waals surface area (Å²) in [6, 6.07) is 13.0. The summed E-state index contributed by atoms with van der Waals surface area (Å²) in [7, 11) is 1.60. The summed E-state index contributed by atoms with van der Waals surface area (Å²) < 4.78 is 11.6. The molecule has 21 heavy (non-hydrogen) atoms. The zero-order valence-electron chi connectivity index (χ0n) is 11.9. The Balaban J connectivity index is 1.89. The highest BCUT2D eigenvalue weighted by atomic mass is 127. The second-order valence-electron chi connectivity index (χ2n) is 4.47. The van der Waals surface area contributed by atoms with Gasteiger partial charge >= 0.3 is 0 Å². The number of halogens is 1. The van der Waals surface area contributed by atoms with Crippen LogP contribution in [0.15, 0.2) is 42.5 Å². The Morgan fingerprint density at radius 1 is 1.14 bits per heavy atom. The molecule has 2 aromatic rings. The highest BCUT2D eigenvalue weighted by Gasteiger charge is 2.06. The van der Waals surface area contributed by atoms with Crippen LogP contribution in [0.5, 0.6) is 11.5 Å². The van der Waals surface area contributed by atoms with Crippen LogP contribution in [0, 0.1) is 10.5 Å². The number of ether oxygens (including phenoxy) is 2. The number of amides is 1. The van der Waals surface area contributed by atoms with Crippen molar-refractivity contribution in [1.29, 1.82) is 0 Å². The molecule has 0 bridgehead atoms. The van der Waals surface area contributed by atoms with Crippen LogP contribution < -0.4 is 14.8 Å². The second kappa shape index (κ2) is 7.31. The summed E-state index contributed by atoms with van der Waals surface area (Å²) in [6.45, 7) is 1.93. The molecule has 0 unspecified atom stereocenters. The summed E-state index contributed by atoms with van der Waals surface area (Å²) >= 11 is 2.24. The van der Waals surface area contributed by atoms with Gasteiger partial charge in [-0.1, -0.05) is 0 Å². The number of aryl methyl sites for hydroxylation is 1. The zero-order valence-corrected chi connectivity index (χ0v) is 14.0. The monoisotopic (exact) mass is 397 g/mol. The van der Waals surface area contributed by atoms with Gasteiger partial charge in [0.05, 0.1) is 7.11 Å². The molecular formula is C16H16INO3. The first-order valence-electron chi connectivity index (χ1n) is 6.41. The van der Waals surface area contributed by atoms with Crippen molar-refractivity contribution in [2.75, 3.05) is 19.0 Å².